The Kier molecular flexibility index (Phi) is 8.30. The van der Waals surface area contributed by atoms with E-state index in [1.165, 1.54) is 24.3 Å². The molecule has 0 saturated carbocycles. The van der Waals surface area contributed by atoms with Crippen molar-refractivity contribution in [3.8, 4) is 28.4 Å². The number of alkyl halides is 6. The molecule has 0 unspecified atom stereocenters. The highest BCUT2D eigenvalue weighted by atomic mass is 35.5. The molecule has 0 atom stereocenters. The number of piperidine rings is 1. The molecule has 0 aliphatic carbocycles. The molecule has 1 aliphatic rings. The molecule has 1 aliphatic heterocycles. The molecule has 1 fully saturated rings. The van der Waals surface area contributed by atoms with Gasteiger partial charge in [0.05, 0.1) is 6.61 Å². The highest BCUT2D eigenvalue weighted by Gasteiger charge is 2.33. The summed E-state index contributed by atoms with van der Waals surface area (Å²) in [4.78, 5) is 0. The molecule has 1 saturated heterocycles. The van der Waals surface area contributed by atoms with Gasteiger partial charge in [-0.3, -0.25) is 0 Å². The number of benzene rings is 2. The third kappa shape index (κ3) is 8.02. The normalized spacial score (nSPS) is 15.2. The molecule has 0 radical (unpaired) electrons. The van der Waals surface area contributed by atoms with E-state index in [1.807, 2.05) is 0 Å². The van der Waals surface area contributed by atoms with Crippen molar-refractivity contribution >= 4 is 12.4 Å². The molecule has 1 heterocycles. The van der Waals surface area contributed by atoms with Crippen molar-refractivity contribution in [1.82, 2.24) is 5.32 Å². The number of hydrogen-bond acceptors (Lipinski definition) is 4. The van der Waals surface area contributed by atoms with Crippen LogP contribution in [0.1, 0.15) is 12.8 Å². The molecule has 0 bridgehead atoms. The van der Waals surface area contributed by atoms with E-state index in [2.05, 4.69) is 14.8 Å². The van der Waals surface area contributed by atoms with Crippen LogP contribution in [0, 0.1) is 5.92 Å². The zero-order valence-corrected chi connectivity index (χ0v) is 16.9. The van der Waals surface area contributed by atoms with Crippen molar-refractivity contribution in [2.45, 2.75) is 25.6 Å². The van der Waals surface area contributed by atoms with Crippen LogP contribution in [0.2, 0.25) is 0 Å². The van der Waals surface area contributed by atoms with Crippen LogP contribution >= 0.6 is 12.4 Å². The molecule has 2 aromatic carbocycles. The second-order valence-electron chi connectivity index (χ2n) is 6.79. The highest BCUT2D eigenvalue weighted by molar-refractivity contribution is 5.85. The third-order valence-corrected chi connectivity index (χ3v) is 4.52. The molecule has 2 aromatic rings. The summed E-state index contributed by atoms with van der Waals surface area (Å²) in [6, 6.07) is 8.87. The van der Waals surface area contributed by atoms with Gasteiger partial charge in [-0.15, -0.1) is 38.7 Å². The van der Waals surface area contributed by atoms with Crippen LogP contribution in [-0.2, 0) is 0 Å². The Morgan fingerprint density at radius 3 is 1.94 bits per heavy atom. The summed E-state index contributed by atoms with van der Waals surface area (Å²) in [5.41, 5.74) is 0.943. The topological polar surface area (TPSA) is 39.7 Å². The van der Waals surface area contributed by atoms with Gasteiger partial charge in [-0.25, -0.2) is 0 Å². The van der Waals surface area contributed by atoms with E-state index in [9.17, 15) is 26.3 Å². The van der Waals surface area contributed by atoms with Gasteiger partial charge in [-0.05, 0) is 67.2 Å². The SMILES string of the molecule is Cl.FC(F)(F)Oc1ccc(-c2ccc(OC(F)(F)F)c(OCC3CCNCC3)c2)cc1. The predicted octanol–water partition coefficient (Wildman–Crippen LogP) is 5.95. The van der Waals surface area contributed by atoms with Gasteiger partial charge in [0.1, 0.15) is 5.75 Å². The maximum Gasteiger partial charge on any atom is 0.573 e. The number of rotatable bonds is 6. The summed E-state index contributed by atoms with van der Waals surface area (Å²) in [5.74, 6) is -0.755. The van der Waals surface area contributed by atoms with Gasteiger partial charge in [0.15, 0.2) is 11.5 Å². The molecule has 0 amide bonds. The summed E-state index contributed by atoms with van der Waals surface area (Å²) < 4.78 is 88.6. The van der Waals surface area contributed by atoms with Crippen LogP contribution in [0.4, 0.5) is 26.3 Å². The molecule has 0 spiro atoms. The summed E-state index contributed by atoms with van der Waals surface area (Å²) >= 11 is 0. The monoisotopic (exact) mass is 471 g/mol. The van der Waals surface area contributed by atoms with Crippen LogP contribution in [-0.4, -0.2) is 32.4 Å². The molecule has 1 N–H and O–H groups in total. The Morgan fingerprint density at radius 1 is 0.774 bits per heavy atom. The van der Waals surface area contributed by atoms with E-state index < -0.39 is 24.2 Å². The summed E-state index contributed by atoms with van der Waals surface area (Å²) in [7, 11) is 0. The lowest BCUT2D eigenvalue weighted by molar-refractivity contribution is -0.275. The zero-order valence-electron chi connectivity index (χ0n) is 16.1. The minimum absolute atomic E-state index is 0. The van der Waals surface area contributed by atoms with Gasteiger partial charge in [0.25, 0.3) is 0 Å². The summed E-state index contributed by atoms with van der Waals surface area (Å²) in [6.07, 6.45) is -8.01. The fourth-order valence-electron chi connectivity index (χ4n) is 3.11. The molecule has 31 heavy (non-hydrogen) atoms. The molecular weight excluding hydrogens is 452 g/mol. The number of hydrogen-bond donors (Lipinski definition) is 1. The maximum atomic E-state index is 12.7. The fraction of sp³-hybridized carbons (Fsp3) is 0.400. The standard InChI is InChI=1S/C20H19F6NO3.ClH/c21-19(22,23)29-16-4-1-14(2-5-16)15-3-6-17(30-20(24,25)26)18(11-15)28-12-13-7-9-27-10-8-13;/h1-6,11,13,27H,7-10,12H2;1H. The van der Waals surface area contributed by atoms with E-state index in [4.69, 9.17) is 4.74 Å². The average molecular weight is 472 g/mol. The number of nitrogens with one attached hydrogen (secondary N) is 1. The molecule has 172 valence electrons. The van der Waals surface area contributed by atoms with E-state index in [-0.39, 0.29) is 30.7 Å². The largest absolute Gasteiger partial charge is 0.573 e. The fourth-order valence-corrected chi connectivity index (χ4v) is 3.11. The zero-order chi connectivity index (χ0) is 21.8. The van der Waals surface area contributed by atoms with Crippen molar-refractivity contribution in [2.75, 3.05) is 19.7 Å². The number of ether oxygens (including phenoxy) is 3. The minimum atomic E-state index is -4.88. The van der Waals surface area contributed by atoms with Crippen LogP contribution in [0.15, 0.2) is 42.5 Å². The van der Waals surface area contributed by atoms with E-state index >= 15 is 0 Å². The van der Waals surface area contributed by atoms with Gasteiger partial charge in [-0.1, -0.05) is 18.2 Å². The Labute approximate surface area is 180 Å². The Hall–Kier alpha value is -2.33. The number of halogens is 7. The molecule has 11 heteroatoms. The van der Waals surface area contributed by atoms with Gasteiger partial charge in [0.2, 0.25) is 0 Å². The molecule has 0 aromatic heterocycles. The molecular formula is C20H20ClF6NO3. The van der Waals surface area contributed by atoms with Crippen molar-refractivity contribution in [3.05, 3.63) is 42.5 Å². The Morgan fingerprint density at radius 2 is 1.35 bits per heavy atom. The van der Waals surface area contributed by atoms with Gasteiger partial charge < -0.3 is 19.5 Å². The van der Waals surface area contributed by atoms with E-state index in [0.29, 0.717) is 11.1 Å². The quantitative estimate of drug-likeness (QED) is 0.528. The van der Waals surface area contributed by atoms with Crippen molar-refractivity contribution in [2.24, 2.45) is 5.92 Å². The van der Waals surface area contributed by atoms with Crippen molar-refractivity contribution in [1.29, 1.82) is 0 Å². The average Bonchev–Trinajstić information content (AvgIpc) is 2.66. The van der Waals surface area contributed by atoms with Crippen LogP contribution in [0.25, 0.3) is 11.1 Å². The maximum absolute atomic E-state index is 12.7. The third-order valence-electron chi connectivity index (χ3n) is 4.52. The van der Waals surface area contributed by atoms with Crippen molar-refractivity contribution in [3.63, 3.8) is 0 Å². The first-order valence-electron chi connectivity index (χ1n) is 9.18. The first-order valence-corrected chi connectivity index (χ1v) is 9.18. The second kappa shape index (κ2) is 10.3. The van der Waals surface area contributed by atoms with E-state index in [0.717, 1.165) is 44.1 Å². The molecule has 3 rings (SSSR count). The lowest BCUT2D eigenvalue weighted by atomic mass is 9.99. The van der Waals surface area contributed by atoms with E-state index in [1.54, 1.807) is 0 Å². The summed E-state index contributed by atoms with van der Waals surface area (Å²) in [5, 5.41) is 3.19. The Balaban J connectivity index is 0.00000341. The lowest BCUT2D eigenvalue weighted by Gasteiger charge is -2.23. The first kappa shape index (κ1) is 24.9. The Bertz CT molecular complexity index is 836. The van der Waals surface area contributed by atoms with Crippen LogP contribution in [0.5, 0.6) is 17.2 Å². The van der Waals surface area contributed by atoms with Gasteiger partial charge in [0, 0.05) is 0 Å². The van der Waals surface area contributed by atoms with Gasteiger partial charge in [-0.2, -0.15) is 0 Å². The highest BCUT2D eigenvalue weighted by Crippen LogP contribution is 2.37. The van der Waals surface area contributed by atoms with Crippen LogP contribution < -0.4 is 19.5 Å². The predicted molar refractivity (Wildman–Crippen MR) is 104 cm³/mol. The van der Waals surface area contributed by atoms with Crippen LogP contribution in [0.3, 0.4) is 0 Å². The molecule has 4 nitrogen and oxygen atoms in total. The summed E-state index contributed by atoms with van der Waals surface area (Å²) in [6.45, 7) is 1.86. The smallest absolute Gasteiger partial charge is 0.489 e. The lowest BCUT2D eigenvalue weighted by Crippen LogP contribution is -2.30. The second-order valence-corrected chi connectivity index (χ2v) is 6.79. The van der Waals surface area contributed by atoms with Gasteiger partial charge >= 0.3 is 12.7 Å². The first-order chi connectivity index (χ1) is 14.1. The minimum Gasteiger partial charge on any atom is -0.489 e. The van der Waals surface area contributed by atoms with Crippen molar-refractivity contribution < 1.29 is 40.6 Å².